The second kappa shape index (κ2) is 8.29. The van der Waals surface area contributed by atoms with Gasteiger partial charge in [0.1, 0.15) is 11.6 Å². The smallest absolute Gasteiger partial charge is 0.220 e. The third-order valence-corrected chi connectivity index (χ3v) is 5.97. The maximum atomic E-state index is 14.4. The van der Waals surface area contributed by atoms with Crippen molar-refractivity contribution < 1.29 is 8.78 Å². The summed E-state index contributed by atoms with van der Waals surface area (Å²) in [4.78, 5) is 8.74. The molecule has 1 aromatic carbocycles. The van der Waals surface area contributed by atoms with E-state index >= 15 is 0 Å². The second-order valence-electron chi connectivity index (χ2n) is 9.08. The van der Waals surface area contributed by atoms with Gasteiger partial charge in [-0.2, -0.15) is 5.10 Å². The van der Waals surface area contributed by atoms with E-state index in [1.54, 1.807) is 6.07 Å². The Morgan fingerprint density at radius 3 is 2.16 bits per heavy atom. The maximum Gasteiger partial charge on any atom is 0.220 e. The van der Waals surface area contributed by atoms with Crippen molar-refractivity contribution in [1.29, 1.82) is 0 Å². The zero-order chi connectivity index (χ0) is 23.0. The number of hydrogen-bond donors (Lipinski definition) is 1. The summed E-state index contributed by atoms with van der Waals surface area (Å²) in [7, 11) is 0. The summed E-state index contributed by atoms with van der Waals surface area (Å²) in [6.07, 6.45) is 1.52. The zero-order valence-corrected chi connectivity index (χ0v) is 18.9. The fourth-order valence-corrected chi connectivity index (χ4v) is 3.88. The fraction of sp³-hybridized carbons (Fsp3) is 0.417. The second-order valence-corrected chi connectivity index (χ2v) is 9.08. The molecule has 2 heterocycles. The Labute approximate surface area is 182 Å². The molecule has 7 heteroatoms. The van der Waals surface area contributed by atoms with Crippen molar-refractivity contribution in [3.05, 3.63) is 64.6 Å². The van der Waals surface area contributed by atoms with Crippen molar-refractivity contribution in [3.8, 4) is 11.3 Å². The minimum absolute atomic E-state index is 0.168. The van der Waals surface area contributed by atoms with Crippen molar-refractivity contribution in [2.75, 3.05) is 5.73 Å². The van der Waals surface area contributed by atoms with Crippen LogP contribution in [0.2, 0.25) is 0 Å². The lowest BCUT2D eigenvalue weighted by Gasteiger charge is -2.42. The van der Waals surface area contributed by atoms with Crippen LogP contribution >= 0.6 is 0 Å². The van der Waals surface area contributed by atoms with Gasteiger partial charge in [-0.3, -0.25) is 0 Å². The van der Waals surface area contributed by atoms with E-state index in [1.165, 1.54) is 18.2 Å². The molecule has 0 amide bonds. The summed E-state index contributed by atoms with van der Waals surface area (Å²) in [5.41, 5.74) is 8.09. The average Bonchev–Trinajstić information content (AvgIpc) is 2.66. The minimum atomic E-state index is -0.668. The number of aromatic nitrogens is 4. The van der Waals surface area contributed by atoms with Gasteiger partial charge in [0.05, 0.1) is 28.1 Å². The summed E-state index contributed by atoms with van der Waals surface area (Å²) < 4.78 is 28.8. The minimum Gasteiger partial charge on any atom is -0.368 e. The molecule has 0 saturated carbocycles. The molecule has 0 aliphatic heterocycles. The summed E-state index contributed by atoms with van der Waals surface area (Å²) in [6, 6.07) is 7.43. The van der Waals surface area contributed by atoms with Gasteiger partial charge in [-0.05, 0) is 55.5 Å². The highest BCUT2D eigenvalue weighted by atomic mass is 19.1. The average molecular weight is 426 g/mol. The van der Waals surface area contributed by atoms with Crippen LogP contribution in [0.3, 0.4) is 0 Å². The van der Waals surface area contributed by atoms with Gasteiger partial charge in [0, 0.05) is 5.69 Å². The predicted octanol–water partition coefficient (Wildman–Crippen LogP) is 5.41. The number of nitrogens with zero attached hydrogens (tertiary/aromatic N) is 4. The molecule has 31 heavy (non-hydrogen) atoms. The first-order valence-electron chi connectivity index (χ1n) is 10.4. The Morgan fingerprint density at radius 2 is 1.61 bits per heavy atom. The number of nitrogens with two attached hydrogens (primary N) is 1. The predicted molar refractivity (Wildman–Crippen MR) is 118 cm³/mol. The molecule has 3 rings (SSSR count). The van der Waals surface area contributed by atoms with Gasteiger partial charge in [0.2, 0.25) is 5.95 Å². The van der Waals surface area contributed by atoms with Gasteiger partial charge in [0.15, 0.2) is 0 Å². The molecule has 1 atom stereocenters. The van der Waals surface area contributed by atoms with Gasteiger partial charge < -0.3 is 5.73 Å². The summed E-state index contributed by atoms with van der Waals surface area (Å²) in [5.74, 6) is -1.13. The third kappa shape index (κ3) is 4.13. The van der Waals surface area contributed by atoms with Crippen LogP contribution in [0.15, 0.2) is 30.3 Å². The molecular weight excluding hydrogens is 396 g/mol. The van der Waals surface area contributed by atoms with Crippen LogP contribution in [0.25, 0.3) is 11.3 Å². The van der Waals surface area contributed by atoms with Crippen LogP contribution in [-0.2, 0) is 11.8 Å². The highest BCUT2D eigenvalue weighted by Gasteiger charge is 2.45. The Bertz CT molecular complexity index is 1070. The highest BCUT2D eigenvalue weighted by molar-refractivity contribution is 5.61. The van der Waals surface area contributed by atoms with E-state index in [0.717, 1.165) is 29.1 Å². The molecule has 5 nitrogen and oxygen atoms in total. The third-order valence-electron chi connectivity index (χ3n) is 5.97. The number of benzene rings is 1. The molecule has 2 aromatic heterocycles. The van der Waals surface area contributed by atoms with Gasteiger partial charge in [-0.25, -0.2) is 18.7 Å². The van der Waals surface area contributed by atoms with Crippen LogP contribution < -0.4 is 5.73 Å². The molecule has 0 fully saturated rings. The summed E-state index contributed by atoms with van der Waals surface area (Å²) >= 11 is 0. The van der Waals surface area contributed by atoms with Crippen molar-refractivity contribution in [3.63, 3.8) is 0 Å². The molecular formula is C24H29F2N5. The van der Waals surface area contributed by atoms with E-state index in [-0.39, 0.29) is 22.6 Å². The van der Waals surface area contributed by atoms with E-state index < -0.39 is 17.0 Å². The number of halogens is 2. The molecule has 1 unspecified atom stereocenters. The van der Waals surface area contributed by atoms with Gasteiger partial charge in [-0.15, -0.1) is 5.10 Å². The fourth-order valence-electron chi connectivity index (χ4n) is 3.88. The van der Waals surface area contributed by atoms with Crippen LogP contribution in [0, 0.1) is 24.0 Å². The van der Waals surface area contributed by atoms with Crippen LogP contribution in [-0.4, -0.2) is 20.2 Å². The van der Waals surface area contributed by atoms with Crippen molar-refractivity contribution >= 4 is 5.95 Å². The van der Waals surface area contributed by atoms with Crippen molar-refractivity contribution in [2.45, 2.75) is 59.8 Å². The molecule has 3 aromatic rings. The number of nitrogen functional groups attached to an aromatic ring is 1. The highest BCUT2D eigenvalue weighted by Crippen LogP contribution is 2.47. The number of anilines is 1. The van der Waals surface area contributed by atoms with E-state index in [1.807, 2.05) is 13.0 Å². The Balaban J connectivity index is 2.30. The Kier molecular flexibility index (Phi) is 6.07. The Morgan fingerprint density at radius 1 is 0.968 bits per heavy atom. The first-order valence-corrected chi connectivity index (χ1v) is 10.4. The van der Waals surface area contributed by atoms with Crippen molar-refractivity contribution in [1.82, 2.24) is 20.2 Å². The normalized spacial score (nSPS) is 13.8. The largest absolute Gasteiger partial charge is 0.368 e. The molecule has 2 N–H and O–H groups in total. The van der Waals surface area contributed by atoms with E-state index in [2.05, 4.69) is 54.8 Å². The van der Waals surface area contributed by atoms with Gasteiger partial charge in [0.25, 0.3) is 0 Å². The Hall–Kier alpha value is -2.96. The molecule has 0 saturated heterocycles. The zero-order valence-electron chi connectivity index (χ0n) is 18.9. The molecule has 0 aliphatic rings. The lowest BCUT2D eigenvalue weighted by atomic mass is 9.62. The van der Waals surface area contributed by atoms with Crippen LogP contribution in [0.1, 0.15) is 63.7 Å². The van der Waals surface area contributed by atoms with E-state index in [0.29, 0.717) is 6.42 Å². The first kappa shape index (κ1) is 22.7. The monoisotopic (exact) mass is 425 g/mol. The molecule has 164 valence electrons. The molecule has 0 spiro atoms. The summed E-state index contributed by atoms with van der Waals surface area (Å²) in [5, 5.41) is 8.80. The molecule has 0 radical (unpaired) electrons. The van der Waals surface area contributed by atoms with Crippen molar-refractivity contribution in [2.24, 2.45) is 5.41 Å². The van der Waals surface area contributed by atoms with Crippen LogP contribution in [0.5, 0.6) is 0 Å². The van der Waals surface area contributed by atoms with Gasteiger partial charge in [-0.1, -0.05) is 40.2 Å². The lowest BCUT2D eigenvalue weighted by Crippen LogP contribution is -2.41. The molecule has 0 bridgehead atoms. The quantitative estimate of drug-likeness (QED) is 0.592. The number of hydrogen-bond acceptors (Lipinski definition) is 5. The standard InChI is InChI=1S/C24H29F2N5/c1-7-9-15-13-18(20-16(25)10-8-11-17(20)26)30-31-21(15)24(6,23(3,4)5)19-12-14(2)28-22(27)29-19/h8,10-13H,7,9H2,1-6H3,(H2,27,28,29). The van der Waals surface area contributed by atoms with Crippen LogP contribution in [0.4, 0.5) is 14.7 Å². The molecule has 0 aliphatic carbocycles. The summed E-state index contributed by atoms with van der Waals surface area (Å²) in [6.45, 7) is 12.3. The lowest BCUT2D eigenvalue weighted by molar-refractivity contribution is 0.234. The van der Waals surface area contributed by atoms with Gasteiger partial charge >= 0.3 is 0 Å². The van der Waals surface area contributed by atoms with E-state index in [4.69, 9.17) is 5.73 Å². The topological polar surface area (TPSA) is 77.6 Å². The number of rotatable bonds is 5. The maximum absolute atomic E-state index is 14.4. The SMILES string of the molecule is CCCc1cc(-c2c(F)cccc2F)nnc1C(C)(c1cc(C)nc(N)n1)C(C)(C)C. The van der Waals surface area contributed by atoms with E-state index in [9.17, 15) is 8.78 Å². The number of aryl methyl sites for hydroxylation is 2. The first-order chi connectivity index (χ1) is 14.5.